The average Bonchev–Trinajstić information content (AvgIpc) is 3.06. The van der Waals surface area contributed by atoms with E-state index in [4.69, 9.17) is 16.3 Å². The lowest BCUT2D eigenvalue weighted by Crippen LogP contribution is -2.72. The van der Waals surface area contributed by atoms with Gasteiger partial charge in [-0.25, -0.2) is 0 Å². The molecule has 3 unspecified atom stereocenters. The number of nitrogens with one attached hydrogen (secondary N) is 1. The van der Waals surface area contributed by atoms with Crippen LogP contribution in [0.5, 0.6) is 0 Å². The molecule has 2 heterocycles. The Labute approximate surface area is 146 Å². The summed E-state index contributed by atoms with van der Waals surface area (Å²) < 4.78 is 6.85. The molecule has 23 heavy (non-hydrogen) atoms. The molecule has 1 saturated heterocycles. The van der Waals surface area contributed by atoms with Gasteiger partial charge in [-0.3, -0.25) is 4.99 Å². The predicted molar refractivity (Wildman–Crippen MR) is 95.2 cm³/mol. The normalized spacial score (nSPS) is 31.4. The molecule has 3 aliphatic rings. The molecule has 4 rings (SSSR count). The third-order valence-corrected chi connectivity index (χ3v) is 7.13. The topological polar surface area (TPSA) is 36.9 Å². The van der Waals surface area contributed by atoms with Gasteiger partial charge in [0.15, 0.2) is 5.96 Å². The van der Waals surface area contributed by atoms with Crippen molar-refractivity contribution in [2.45, 2.75) is 44.4 Å². The lowest BCUT2D eigenvalue weighted by molar-refractivity contribution is -0.171. The summed E-state index contributed by atoms with van der Waals surface area (Å²) >= 11 is 7.67. The van der Waals surface area contributed by atoms with E-state index in [1.54, 1.807) is 11.3 Å². The predicted octanol–water partition coefficient (Wildman–Crippen LogP) is 3.37. The molecule has 0 amide bonds. The van der Waals surface area contributed by atoms with Crippen molar-refractivity contribution in [1.82, 2.24) is 10.2 Å². The molecular formula is C17H24ClN3OS. The summed E-state index contributed by atoms with van der Waals surface area (Å²) in [5.41, 5.74) is 0.379. The van der Waals surface area contributed by atoms with Gasteiger partial charge in [-0.2, -0.15) is 0 Å². The second-order valence-electron chi connectivity index (χ2n) is 7.06. The monoisotopic (exact) mass is 353 g/mol. The van der Waals surface area contributed by atoms with Crippen molar-refractivity contribution in [3.8, 4) is 0 Å². The molecule has 0 radical (unpaired) electrons. The quantitative estimate of drug-likeness (QED) is 0.668. The molecule has 0 bridgehead atoms. The Morgan fingerprint density at radius 3 is 2.96 bits per heavy atom. The Morgan fingerprint density at radius 2 is 2.35 bits per heavy atom. The van der Waals surface area contributed by atoms with Crippen LogP contribution in [0.3, 0.4) is 0 Å². The summed E-state index contributed by atoms with van der Waals surface area (Å²) in [6, 6.07) is 4.58. The number of rotatable bonds is 3. The fourth-order valence-electron chi connectivity index (χ4n) is 4.69. The summed E-state index contributed by atoms with van der Waals surface area (Å²) in [6.07, 6.45) is 5.62. The summed E-state index contributed by atoms with van der Waals surface area (Å²) in [6.45, 7) is 1.76. The van der Waals surface area contributed by atoms with Crippen molar-refractivity contribution < 1.29 is 4.74 Å². The first-order valence-electron chi connectivity index (χ1n) is 8.44. The van der Waals surface area contributed by atoms with Crippen LogP contribution in [0.25, 0.3) is 0 Å². The van der Waals surface area contributed by atoms with E-state index in [1.807, 2.05) is 13.1 Å². The third-order valence-electron chi connectivity index (χ3n) is 5.92. The number of aliphatic imine (C=N–C) groups is 1. The van der Waals surface area contributed by atoms with E-state index in [2.05, 4.69) is 28.3 Å². The summed E-state index contributed by atoms with van der Waals surface area (Å²) in [5.74, 6) is 1.65. The molecule has 0 aromatic carbocycles. The van der Waals surface area contributed by atoms with Gasteiger partial charge in [-0.1, -0.05) is 18.0 Å². The van der Waals surface area contributed by atoms with Gasteiger partial charge in [0.2, 0.25) is 0 Å². The molecule has 1 N–H and O–H groups in total. The number of thiophene rings is 1. The van der Waals surface area contributed by atoms with Crippen molar-refractivity contribution >= 4 is 28.9 Å². The standard InChI is InChI=1S/C17H24ClN3OS/c1-19-16(21(2)10-11-4-5-13(18)23-11)20-14-12-6-9-22-15(12)17(14)7-3-8-17/h4-5,12,14-15H,3,6-10H2,1-2H3,(H,19,20). The Morgan fingerprint density at radius 1 is 1.52 bits per heavy atom. The van der Waals surface area contributed by atoms with Crippen LogP contribution in [0.2, 0.25) is 4.34 Å². The third kappa shape index (κ3) is 2.48. The van der Waals surface area contributed by atoms with Crippen LogP contribution in [-0.2, 0) is 11.3 Å². The van der Waals surface area contributed by atoms with E-state index < -0.39 is 0 Å². The maximum Gasteiger partial charge on any atom is 0.193 e. The number of nitrogens with zero attached hydrogens (tertiary/aromatic N) is 2. The van der Waals surface area contributed by atoms with Crippen molar-refractivity contribution in [3.05, 3.63) is 21.3 Å². The molecule has 126 valence electrons. The van der Waals surface area contributed by atoms with Gasteiger partial charge >= 0.3 is 0 Å². The van der Waals surface area contributed by atoms with Gasteiger partial charge in [0, 0.05) is 43.0 Å². The Bertz CT molecular complexity index is 613. The van der Waals surface area contributed by atoms with E-state index in [-0.39, 0.29) is 0 Å². The zero-order valence-electron chi connectivity index (χ0n) is 13.7. The number of hydrogen-bond acceptors (Lipinski definition) is 3. The highest BCUT2D eigenvalue weighted by Gasteiger charge is 2.66. The van der Waals surface area contributed by atoms with Gasteiger partial charge in [0.05, 0.1) is 17.0 Å². The van der Waals surface area contributed by atoms with Crippen LogP contribution in [0.15, 0.2) is 17.1 Å². The van der Waals surface area contributed by atoms with Gasteiger partial charge in [0.1, 0.15) is 0 Å². The number of hydrogen-bond donors (Lipinski definition) is 1. The Balaban J connectivity index is 1.44. The van der Waals surface area contributed by atoms with Gasteiger partial charge in [-0.05, 0) is 31.4 Å². The zero-order chi connectivity index (χ0) is 16.0. The molecule has 2 saturated carbocycles. The highest BCUT2D eigenvalue weighted by Crippen LogP contribution is 2.62. The van der Waals surface area contributed by atoms with Crippen molar-refractivity contribution in [2.75, 3.05) is 20.7 Å². The zero-order valence-corrected chi connectivity index (χ0v) is 15.3. The maximum atomic E-state index is 6.04. The van der Waals surface area contributed by atoms with Gasteiger partial charge < -0.3 is 15.0 Å². The first-order chi connectivity index (χ1) is 11.1. The number of ether oxygens (including phenoxy) is 1. The molecule has 2 aliphatic carbocycles. The highest BCUT2D eigenvalue weighted by molar-refractivity contribution is 7.16. The van der Waals surface area contributed by atoms with Crippen LogP contribution in [0.4, 0.5) is 0 Å². The highest BCUT2D eigenvalue weighted by atomic mass is 35.5. The summed E-state index contributed by atoms with van der Waals surface area (Å²) in [4.78, 5) is 7.96. The van der Waals surface area contributed by atoms with Crippen LogP contribution in [0, 0.1) is 11.3 Å². The molecule has 3 atom stereocenters. The lowest BCUT2D eigenvalue weighted by atomic mass is 9.46. The minimum Gasteiger partial charge on any atom is -0.377 e. The molecule has 1 aliphatic heterocycles. The van der Waals surface area contributed by atoms with Crippen LogP contribution >= 0.6 is 22.9 Å². The largest absolute Gasteiger partial charge is 0.377 e. The molecule has 1 spiro atoms. The van der Waals surface area contributed by atoms with Crippen molar-refractivity contribution in [1.29, 1.82) is 0 Å². The minimum atomic E-state index is 0.379. The second kappa shape index (κ2) is 5.94. The van der Waals surface area contributed by atoms with Crippen LogP contribution in [0.1, 0.15) is 30.6 Å². The second-order valence-corrected chi connectivity index (χ2v) is 8.86. The minimum absolute atomic E-state index is 0.379. The van der Waals surface area contributed by atoms with E-state index in [1.165, 1.54) is 30.6 Å². The first-order valence-corrected chi connectivity index (χ1v) is 9.64. The van der Waals surface area contributed by atoms with Gasteiger partial charge in [0.25, 0.3) is 0 Å². The number of halogens is 1. The lowest BCUT2D eigenvalue weighted by Gasteiger charge is -2.63. The summed E-state index contributed by atoms with van der Waals surface area (Å²) in [7, 11) is 3.96. The molecule has 3 fully saturated rings. The Hall–Kier alpha value is -0.780. The first kappa shape index (κ1) is 15.7. The average molecular weight is 354 g/mol. The molecular weight excluding hydrogens is 330 g/mol. The fraction of sp³-hybridized carbons (Fsp3) is 0.706. The van der Waals surface area contributed by atoms with Crippen molar-refractivity contribution in [3.63, 3.8) is 0 Å². The SMILES string of the molecule is CN=C(NC1C2CCOC2C12CCC2)N(C)Cc1ccc(Cl)s1. The smallest absolute Gasteiger partial charge is 0.193 e. The van der Waals surface area contributed by atoms with E-state index in [0.717, 1.165) is 23.4 Å². The molecule has 1 aromatic heterocycles. The Kier molecular flexibility index (Phi) is 4.06. The van der Waals surface area contributed by atoms with E-state index in [9.17, 15) is 0 Å². The summed E-state index contributed by atoms with van der Waals surface area (Å²) in [5, 5.41) is 3.76. The fourth-order valence-corrected chi connectivity index (χ4v) is 5.83. The van der Waals surface area contributed by atoms with Crippen molar-refractivity contribution in [2.24, 2.45) is 16.3 Å². The molecule has 6 heteroatoms. The van der Waals surface area contributed by atoms with Crippen LogP contribution < -0.4 is 5.32 Å². The van der Waals surface area contributed by atoms with Crippen LogP contribution in [-0.4, -0.2) is 43.7 Å². The van der Waals surface area contributed by atoms with E-state index in [0.29, 0.717) is 23.5 Å². The van der Waals surface area contributed by atoms with Gasteiger partial charge in [-0.15, -0.1) is 11.3 Å². The molecule has 4 nitrogen and oxygen atoms in total. The van der Waals surface area contributed by atoms with E-state index >= 15 is 0 Å². The number of fused-ring (bicyclic) bond motifs is 2. The maximum absolute atomic E-state index is 6.04. The molecule has 1 aromatic rings. The number of guanidine groups is 1.